The molecule has 21 heavy (non-hydrogen) atoms. The van der Waals surface area contributed by atoms with E-state index in [9.17, 15) is 4.39 Å². The molecular formula is C17H20ClFN2. The van der Waals surface area contributed by atoms with Crippen LogP contribution in [0.25, 0.3) is 0 Å². The van der Waals surface area contributed by atoms with Crippen molar-refractivity contribution in [3.8, 4) is 0 Å². The third-order valence-electron chi connectivity index (χ3n) is 3.54. The van der Waals surface area contributed by atoms with Gasteiger partial charge in [-0.2, -0.15) is 0 Å². The van der Waals surface area contributed by atoms with Gasteiger partial charge in [0, 0.05) is 31.5 Å². The summed E-state index contributed by atoms with van der Waals surface area (Å²) >= 11 is 5.72. The van der Waals surface area contributed by atoms with E-state index >= 15 is 0 Å². The molecule has 1 atom stereocenters. The van der Waals surface area contributed by atoms with E-state index in [1.165, 1.54) is 6.07 Å². The van der Waals surface area contributed by atoms with Crippen molar-refractivity contribution in [2.45, 2.75) is 19.9 Å². The highest BCUT2D eigenvalue weighted by Gasteiger charge is 2.10. The zero-order chi connectivity index (χ0) is 15.6. The Morgan fingerprint density at radius 3 is 2.43 bits per heavy atom. The van der Waals surface area contributed by atoms with Crippen molar-refractivity contribution in [3.05, 3.63) is 58.4 Å². The first-order valence-corrected chi connectivity index (χ1v) is 7.25. The van der Waals surface area contributed by atoms with E-state index < -0.39 is 0 Å². The average Bonchev–Trinajstić information content (AvgIpc) is 2.43. The van der Waals surface area contributed by atoms with Crippen LogP contribution in [0.4, 0.5) is 15.8 Å². The summed E-state index contributed by atoms with van der Waals surface area (Å²) < 4.78 is 13.5. The lowest BCUT2D eigenvalue weighted by molar-refractivity contribution is 0.624. The topological polar surface area (TPSA) is 15.3 Å². The number of nitrogens with one attached hydrogen (secondary N) is 1. The molecule has 1 unspecified atom stereocenters. The summed E-state index contributed by atoms with van der Waals surface area (Å²) in [5.41, 5.74) is 4.22. The number of hydrogen-bond donors (Lipinski definition) is 1. The molecule has 112 valence electrons. The van der Waals surface area contributed by atoms with E-state index in [0.29, 0.717) is 0 Å². The van der Waals surface area contributed by atoms with E-state index in [0.717, 1.165) is 22.5 Å². The highest BCUT2D eigenvalue weighted by Crippen LogP contribution is 2.27. The van der Waals surface area contributed by atoms with Gasteiger partial charge in [-0.1, -0.05) is 17.7 Å². The fourth-order valence-corrected chi connectivity index (χ4v) is 2.30. The molecule has 0 aliphatic carbocycles. The largest absolute Gasteiger partial charge is 0.378 e. The summed E-state index contributed by atoms with van der Waals surface area (Å²) in [6, 6.07) is 11.1. The number of benzene rings is 2. The van der Waals surface area contributed by atoms with Crippen LogP contribution in [0.2, 0.25) is 5.02 Å². The fourth-order valence-electron chi connectivity index (χ4n) is 2.19. The van der Waals surface area contributed by atoms with Crippen molar-refractivity contribution in [3.63, 3.8) is 0 Å². The molecule has 2 aromatic carbocycles. The Balaban J connectivity index is 2.19. The number of aryl methyl sites for hydroxylation is 1. The molecule has 0 bridgehead atoms. The maximum Gasteiger partial charge on any atom is 0.142 e. The monoisotopic (exact) mass is 306 g/mol. The Bertz CT molecular complexity index is 641. The molecule has 0 fully saturated rings. The van der Waals surface area contributed by atoms with Gasteiger partial charge < -0.3 is 10.2 Å². The molecule has 0 spiro atoms. The van der Waals surface area contributed by atoms with E-state index in [1.54, 1.807) is 6.07 Å². The van der Waals surface area contributed by atoms with Gasteiger partial charge in [0.05, 0.1) is 5.02 Å². The van der Waals surface area contributed by atoms with E-state index in [4.69, 9.17) is 11.6 Å². The molecule has 0 aliphatic heterocycles. The van der Waals surface area contributed by atoms with Gasteiger partial charge in [-0.05, 0) is 55.3 Å². The van der Waals surface area contributed by atoms with Crippen molar-refractivity contribution in [2.75, 3.05) is 24.3 Å². The van der Waals surface area contributed by atoms with Crippen LogP contribution in [0.15, 0.2) is 36.4 Å². The third kappa shape index (κ3) is 3.67. The summed E-state index contributed by atoms with van der Waals surface area (Å²) in [6.45, 7) is 4.06. The Labute approximate surface area is 130 Å². The Hall–Kier alpha value is -1.74. The Morgan fingerprint density at radius 1 is 1.14 bits per heavy atom. The zero-order valence-electron chi connectivity index (χ0n) is 12.7. The van der Waals surface area contributed by atoms with Crippen molar-refractivity contribution in [1.29, 1.82) is 0 Å². The Morgan fingerprint density at radius 2 is 1.86 bits per heavy atom. The van der Waals surface area contributed by atoms with Crippen molar-refractivity contribution in [2.24, 2.45) is 0 Å². The van der Waals surface area contributed by atoms with Crippen molar-refractivity contribution < 1.29 is 4.39 Å². The van der Waals surface area contributed by atoms with Crippen LogP contribution in [0.3, 0.4) is 0 Å². The Kier molecular flexibility index (Phi) is 4.73. The van der Waals surface area contributed by atoms with Crippen LogP contribution in [0, 0.1) is 12.7 Å². The summed E-state index contributed by atoms with van der Waals surface area (Å²) in [5, 5.41) is 3.56. The second kappa shape index (κ2) is 6.35. The number of halogens is 2. The second-order valence-corrected chi connectivity index (χ2v) is 5.84. The molecule has 0 aliphatic rings. The van der Waals surface area contributed by atoms with Crippen LogP contribution in [-0.2, 0) is 0 Å². The number of nitrogens with zero attached hydrogens (tertiary/aromatic N) is 1. The van der Waals surface area contributed by atoms with Gasteiger partial charge >= 0.3 is 0 Å². The molecule has 0 saturated heterocycles. The minimum absolute atomic E-state index is 0.000623. The fraction of sp³-hybridized carbons (Fsp3) is 0.294. The molecule has 0 heterocycles. The van der Waals surface area contributed by atoms with Gasteiger partial charge in [0.15, 0.2) is 0 Å². The molecular weight excluding hydrogens is 287 g/mol. The summed E-state index contributed by atoms with van der Waals surface area (Å²) in [4.78, 5) is 2.06. The van der Waals surface area contributed by atoms with Crippen LogP contribution in [0.1, 0.15) is 24.1 Å². The lowest BCUT2D eigenvalue weighted by Gasteiger charge is -2.20. The third-order valence-corrected chi connectivity index (χ3v) is 3.85. The lowest BCUT2D eigenvalue weighted by atomic mass is 10.1. The average molecular weight is 307 g/mol. The number of rotatable bonds is 4. The summed E-state index contributed by atoms with van der Waals surface area (Å²) in [5.74, 6) is -0.387. The highest BCUT2D eigenvalue weighted by molar-refractivity contribution is 6.30. The molecule has 2 rings (SSSR count). The normalized spacial score (nSPS) is 12.1. The van der Waals surface area contributed by atoms with E-state index in [-0.39, 0.29) is 16.9 Å². The van der Waals surface area contributed by atoms with Crippen molar-refractivity contribution >= 4 is 23.0 Å². The predicted molar refractivity (Wildman–Crippen MR) is 89.0 cm³/mol. The predicted octanol–water partition coefficient (Wildman–Crippen LogP) is 5.03. The molecule has 0 saturated carbocycles. The van der Waals surface area contributed by atoms with E-state index in [1.807, 2.05) is 33.2 Å². The molecule has 1 N–H and O–H groups in total. The molecule has 2 nitrogen and oxygen atoms in total. The number of hydrogen-bond acceptors (Lipinski definition) is 2. The summed E-state index contributed by atoms with van der Waals surface area (Å²) in [7, 11) is 4.03. The first-order valence-electron chi connectivity index (χ1n) is 6.88. The number of anilines is 2. The first kappa shape index (κ1) is 15.6. The SMILES string of the molecule is Cc1cc(N(C)C)ccc1NC(C)c1ccc(Cl)c(F)c1. The standard InChI is InChI=1S/C17H20ClFN2/c1-11-9-14(21(3)4)6-8-17(11)20-12(2)13-5-7-15(18)16(19)10-13/h5-10,12,20H,1-4H3. The van der Waals surface area contributed by atoms with Gasteiger partial charge in [-0.3, -0.25) is 0 Å². The molecule has 2 aromatic rings. The first-order chi connectivity index (χ1) is 9.88. The zero-order valence-corrected chi connectivity index (χ0v) is 13.5. The quantitative estimate of drug-likeness (QED) is 0.852. The highest BCUT2D eigenvalue weighted by atomic mass is 35.5. The smallest absolute Gasteiger partial charge is 0.142 e. The van der Waals surface area contributed by atoms with Crippen LogP contribution in [0.5, 0.6) is 0 Å². The van der Waals surface area contributed by atoms with Crippen LogP contribution >= 0.6 is 11.6 Å². The maximum absolute atomic E-state index is 13.5. The minimum atomic E-state index is -0.387. The van der Waals surface area contributed by atoms with Gasteiger partial charge in [0.1, 0.15) is 5.82 Å². The van der Waals surface area contributed by atoms with E-state index in [2.05, 4.69) is 29.3 Å². The summed E-state index contributed by atoms with van der Waals surface area (Å²) in [6.07, 6.45) is 0. The maximum atomic E-state index is 13.5. The molecule has 4 heteroatoms. The molecule has 0 amide bonds. The van der Waals surface area contributed by atoms with Gasteiger partial charge in [0.2, 0.25) is 0 Å². The lowest BCUT2D eigenvalue weighted by Crippen LogP contribution is -2.11. The minimum Gasteiger partial charge on any atom is -0.378 e. The van der Waals surface area contributed by atoms with Crippen molar-refractivity contribution in [1.82, 2.24) is 0 Å². The van der Waals surface area contributed by atoms with Gasteiger partial charge in [-0.15, -0.1) is 0 Å². The van der Waals surface area contributed by atoms with Crippen LogP contribution < -0.4 is 10.2 Å². The van der Waals surface area contributed by atoms with Gasteiger partial charge in [0.25, 0.3) is 0 Å². The molecule has 0 radical (unpaired) electrons. The second-order valence-electron chi connectivity index (χ2n) is 5.43. The molecule has 0 aromatic heterocycles. The van der Waals surface area contributed by atoms with Gasteiger partial charge in [-0.25, -0.2) is 4.39 Å². The van der Waals surface area contributed by atoms with Crippen LogP contribution in [-0.4, -0.2) is 14.1 Å².